The van der Waals surface area contributed by atoms with Crippen molar-refractivity contribution in [1.29, 1.82) is 0 Å². The van der Waals surface area contributed by atoms with Crippen LogP contribution in [0.25, 0.3) is 21.0 Å². The van der Waals surface area contributed by atoms with Gasteiger partial charge in [-0.05, 0) is 48.6 Å². The second-order valence-corrected chi connectivity index (χ2v) is 11.5. The van der Waals surface area contributed by atoms with Crippen LogP contribution in [-0.2, 0) is 21.9 Å². The number of piperidine rings is 1. The molecule has 9 heteroatoms. The van der Waals surface area contributed by atoms with Crippen LogP contribution in [0.15, 0.2) is 70.6 Å². The fourth-order valence-corrected chi connectivity index (χ4v) is 7.00. The molecule has 6 nitrogen and oxygen atoms in total. The predicted octanol–water partition coefficient (Wildman–Crippen LogP) is 4.57. The van der Waals surface area contributed by atoms with E-state index in [0.29, 0.717) is 35.8 Å². The van der Waals surface area contributed by atoms with Gasteiger partial charge in [-0.1, -0.05) is 53.3 Å². The first-order valence-corrected chi connectivity index (χ1v) is 13.3. The zero-order valence-corrected chi connectivity index (χ0v) is 20.3. The molecule has 0 atom stereocenters. The van der Waals surface area contributed by atoms with Gasteiger partial charge in [-0.2, -0.15) is 9.30 Å². The highest BCUT2D eigenvalue weighted by Crippen LogP contribution is 2.28. The second kappa shape index (κ2) is 8.68. The molecule has 0 radical (unpaired) electrons. The van der Waals surface area contributed by atoms with Crippen LogP contribution >= 0.6 is 22.9 Å². The van der Waals surface area contributed by atoms with E-state index < -0.39 is 10.0 Å². The highest BCUT2D eigenvalue weighted by Gasteiger charge is 2.32. The van der Waals surface area contributed by atoms with Crippen LogP contribution in [0, 0.1) is 5.92 Å². The van der Waals surface area contributed by atoms with Gasteiger partial charge >= 0.3 is 0 Å². The Kier molecular flexibility index (Phi) is 5.86. The Balaban J connectivity index is 1.36. The maximum absolute atomic E-state index is 13.0. The molecular formula is C24H22ClN3O3S2. The van der Waals surface area contributed by atoms with Crippen LogP contribution in [0.5, 0.6) is 0 Å². The predicted molar refractivity (Wildman–Crippen MR) is 132 cm³/mol. The quantitative estimate of drug-likeness (QED) is 0.414. The number of carbonyl (C=O) groups is 1. The summed E-state index contributed by atoms with van der Waals surface area (Å²) < 4.78 is 30.3. The van der Waals surface area contributed by atoms with Crippen LogP contribution in [0.3, 0.4) is 0 Å². The zero-order chi connectivity index (χ0) is 23.2. The van der Waals surface area contributed by atoms with Crippen LogP contribution in [-0.4, -0.2) is 36.3 Å². The van der Waals surface area contributed by atoms with Crippen LogP contribution in [0.1, 0.15) is 12.8 Å². The number of nitrogens with zero attached hydrogens (tertiary/aromatic N) is 3. The topological polar surface area (TPSA) is 71.7 Å². The van der Waals surface area contributed by atoms with Gasteiger partial charge in [0.25, 0.3) is 5.91 Å². The van der Waals surface area contributed by atoms with E-state index in [1.165, 1.54) is 27.8 Å². The van der Waals surface area contributed by atoms with Gasteiger partial charge in [0.2, 0.25) is 10.0 Å². The number of sulfonamides is 1. The standard InChI is InChI=1S/C24H22ClN3O3S2/c1-27-21-11-6-16-4-2-3-5-20(16)22(21)32-24(27)26-23(29)17-12-14-28(15-13-17)33(30,31)19-9-7-18(25)8-10-19/h2-11,17H,12-15H2,1H3. The van der Waals surface area contributed by atoms with Crippen molar-refractivity contribution < 1.29 is 13.2 Å². The number of halogens is 1. The van der Waals surface area contributed by atoms with Crippen molar-refractivity contribution in [2.75, 3.05) is 13.1 Å². The van der Waals surface area contributed by atoms with E-state index in [0.717, 1.165) is 21.0 Å². The summed E-state index contributed by atoms with van der Waals surface area (Å²) in [4.78, 5) is 18.3. The largest absolute Gasteiger partial charge is 0.319 e. The van der Waals surface area contributed by atoms with Gasteiger partial charge in [0.05, 0.1) is 15.1 Å². The van der Waals surface area contributed by atoms with E-state index in [-0.39, 0.29) is 16.7 Å². The molecule has 170 valence electrons. The van der Waals surface area contributed by atoms with Gasteiger partial charge in [0.15, 0.2) is 4.80 Å². The molecule has 0 saturated carbocycles. The van der Waals surface area contributed by atoms with Gasteiger partial charge in [-0.3, -0.25) is 4.79 Å². The molecule has 1 saturated heterocycles. The molecule has 1 aliphatic rings. The van der Waals surface area contributed by atoms with E-state index in [9.17, 15) is 13.2 Å². The van der Waals surface area contributed by atoms with Crippen molar-refractivity contribution in [2.24, 2.45) is 18.0 Å². The summed E-state index contributed by atoms with van der Waals surface area (Å²) >= 11 is 7.38. The number of hydrogen-bond donors (Lipinski definition) is 0. The number of benzene rings is 3. The highest BCUT2D eigenvalue weighted by molar-refractivity contribution is 7.89. The van der Waals surface area contributed by atoms with Crippen molar-refractivity contribution in [2.45, 2.75) is 17.7 Å². The first-order valence-electron chi connectivity index (χ1n) is 10.7. The summed E-state index contributed by atoms with van der Waals surface area (Å²) in [6, 6.07) is 18.5. The fourth-order valence-electron chi connectivity index (χ4n) is 4.25. The van der Waals surface area contributed by atoms with Crippen molar-refractivity contribution >= 4 is 59.9 Å². The smallest absolute Gasteiger partial charge is 0.251 e. The number of thiazole rings is 1. The summed E-state index contributed by atoms with van der Waals surface area (Å²) in [5.74, 6) is -0.478. The first kappa shape index (κ1) is 22.3. The van der Waals surface area contributed by atoms with E-state index in [4.69, 9.17) is 11.6 Å². The summed E-state index contributed by atoms with van der Waals surface area (Å²) in [7, 11) is -1.68. The van der Waals surface area contributed by atoms with Crippen molar-refractivity contribution in [3.8, 4) is 0 Å². The fraction of sp³-hybridized carbons (Fsp3) is 0.250. The second-order valence-electron chi connectivity index (χ2n) is 8.16. The Morgan fingerprint density at radius 3 is 2.45 bits per heavy atom. The Bertz CT molecular complexity index is 1530. The average molecular weight is 500 g/mol. The summed E-state index contributed by atoms with van der Waals surface area (Å²) in [6.45, 7) is 0.583. The number of aryl methyl sites for hydroxylation is 1. The number of amides is 1. The summed E-state index contributed by atoms with van der Waals surface area (Å²) in [5, 5.41) is 2.78. The summed E-state index contributed by atoms with van der Waals surface area (Å²) in [6.07, 6.45) is 0.902. The lowest BCUT2D eigenvalue weighted by Gasteiger charge is -2.29. The van der Waals surface area contributed by atoms with Gasteiger partial charge in [-0.25, -0.2) is 8.42 Å². The number of hydrogen-bond acceptors (Lipinski definition) is 4. The maximum Gasteiger partial charge on any atom is 0.251 e. The molecule has 4 aromatic rings. The highest BCUT2D eigenvalue weighted by atomic mass is 35.5. The molecule has 1 amide bonds. The molecule has 1 fully saturated rings. The van der Waals surface area contributed by atoms with Gasteiger partial charge < -0.3 is 4.57 Å². The van der Waals surface area contributed by atoms with Crippen LogP contribution in [0.4, 0.5) is 0 Å². The van der Waals surface area contributed by atoms with E-state index in [1.807, 2.05) is 23.7 Å². The molecule has 0 bridgehead atoms. The third-order valence-electron chi connectivity index (χ3n) is 6.16. The number of fused-ring (bicyclic) bond motifs is 3. The molecule has 33 heavy (non-hydrogen) atoms. The summed E-state index contributed by atoms with van der Waals surface area (Å²) in [5.41, 5.74) is 1.04. The molecule has 0 N–H and O–H groups in total. The lowest BCUT2D eigenvalue weighted by atomic mass is 9.98. The molecule has 2 heterocycles. The van der Waals surface area contributed by atoms with E-state index in [2.05, 4.69) is 29.3 Å². The first-order chi connectivity index (χ1) is 15.8. The Hall–Kier alpha value is -2.52. The lowest BCUT2D eigenvalue weighted by Crippen LogP contribution is -2.40. The third kappa shape index (κ3) is 4.12. The van der Waals surface area contributed by atoms with E-state index >= 15 is 0 Å². The molecule has 5 rings (SSSR count). The Morgan fingerprint density at radius 2 is 1.73 bits per heavy atom. The lowest BCUT2D eigenvalue weighted by molar-refractivity contribution is -0.122. The SMILES string of the molecule is Cn1c(=NC(=O)C2CCN(S(=O)(=O)c3ccc(Cl)cc3)CC2)sc2c3ccccc3ccc21. The van der Waals surface area contributed by atoms with Crippen molar-refractivity contribution in [3.63, 3.8) is 0 Å². The maximum atomic E-state index is 13.0. The zero-order valence-electron chi connectivity index (χ0n) is 17.9. The molecular weight excluding hydrogens is 478 g/mol. The molecule has 0 unspecified atom stereocenters. The molecule has 0 spiro atoms. The minimum absolute atomic E-state index is 0.190. The molecule has 3 aromatic carbocycles. The molecule has 1 aromatic heterocycles. The van der Waals surface area contributed by atoms with Crippen molar-refractivity contribution in [1.82, 2.24) is 8.87 Å². The third-order valence-corrected chi connectivity index (χ3v) is 9.51. The average Bonchev–Trinajstić information content (AvgIpc) is 3.15. The molecule has 0 aliphatic carbocycles. The Morgan fingerprint density at radius 1 is 1.03 bits per heavy atom. The Labute approximate surface area is 200 Å². The number of aromatic nitrogens is 1. The molecule has 1 aliphatic heterocycles. The minimum atomic E-state index is -3.60. The van der Waals surface area contributed by atoms with Crippen molar-refractivity contribution in [3.05, 3.63) is 70.5 Å². The normalized spacial score (nSPS) is 16.6. The van der Waals surface area contributed by atoms with Crippen LogP contribution in [0.2, 0.25) is 5.02 Å². The van der Waals surface area contributed by atoms with E-state index in [1.54, 1.807) is 12.1 Å². The van der Waals surface area contributed by atoms with Gasteiger partial charge in [0.1, 0.15) is 0 Å². The van der Waals surface area contributed by atoms with Crippen LogP contribution < -0.4 is 4.80 Å². The number of rotatable bonds is 3. The number of carbonyl (C=O) groups excluding carboxylic acids is 1. The monoisotopic (exact) mass is 499 g/mol. The van der Waals surface area contributed by atoms with Gasteiger partial charge in [-0.15, -0.1) is 0 Å². The van der Waals surface area contributed by atoms with Gasteiger partial charge in [0, 0.05) is 36.5 Å². The minimum Gasteiger partial charge on any atom is -0.319 e.